The third kappa shape index (κ3) is 4.10. The normalized spacial score (nSPS) is 22.7. The van der Waals surface area contributed by atoms with Gasteiger partial charge in [-0.15, -0.1) is 0 Å². The van der Waals surface area contributed by atoms with Crippen molar-refractivity contribution in [3.8, 4) is 0 Å². The molecule has 0 amide bonds. The van der Waals surface area contributed by atoms with Crippen molar-refractivity contribution in [1.29, 1.82) is 0 Å². The average Bonchev–Trinajstić information content (AvgIpc) is 3.17. The van der Waals surface area contributed by atoms with E-state index in [4.69, 9.17) is 0 Å². The number of halogens is 10. The Morgan fingerprint density at radius 3 is 1.71 bits per heavy atom. The molecule has 0 bridgehead atoms. The van der Waals surface area contributed by atoms with Crippen molar-refractivity contribution in [1.82, 2.24) is 5.32 Å². The number of alkyl halides is 10. The Kier molecular flexibility index (Phi) is 5.42. The van der Waals surface area contributed by atoms with Crippen LogP contribution in [-0.2, 0) is 28.5 Å². The predicted octanol–water partition coefficient (Wildman–Crippen LogP) is 6.07. The molecule has 0 saturated carbocycles. The van der Waals surface area contributed by atoms with Gasteiger partial charge in [0.05, 0.1) is 16.8 Å². The maximum Gasteiger partial charge on any atom is 0.435 e. The average molecular weight is 500 g/mol. The van der Waals surface area contributed by atoms with E-state index in [1.165, 1.54) is 24.3 Å². The second-order valence-corrected chi connectivity index (χ2v) is 8.07. The van der Waals surface area contributed by atoms with E-state index in [0.717, 1.165) is 0 Å². The van der Waals surface area contributed by atoms with E-state index in [0.29, 0.717) is 0 Å². The van der Waals surface area contributed by atoms with Gasteiger partial charge in [0.2, 0.25) is 0 Å². The molecule has 1 atom stereocenters. The van der Waals surface area contributed by atoms with Crippen LogP contribution < -0.4 is 5.32 Å². The molecule has 34 heavy (non-hydrogen) atoms. The number of nitrogens with zero attached hydrogens (tertiary/aromatic N) is 1. The highest BCUT2D eigenvalue weighted by Crippen LogP contribution is 2.51. The summed E-state index contributed by atoms with van der Waals surface area (Å²) in [7, 11) is 0. The van der Waals surface area contributed by atoms with Crippen LogP contribution in [0.2, 0.25) is 0 Å². The van der Waals surface area contributed by atoms with Crippen LogP contribution in [0.1, 0.15) is 34.2 Å². The molecule has 0 radical (unpaired) electrons. The fraction of sp³-hybridized carbons (Fsp3) is 0.381. The molecule has 0 spiro atoms. The Morgan fingerprint density at radius 2 is 1.29 bits per heavy atom. The highest BCUT2D eigenvalue weighted by atomic mass is 19.4. The topological polar surface area (TPSA) is 33.6 Å². The van der Waals surface area contributed by atoms with Crippen molar-refractivity contribution in [2.75, 3.05) is 13.1 Å². The van der Waals surface area contributed by atoms with Gasteiger partial charge in [-0.3, -0.25) is 0 Å². The van der Waals surface area contributed by atoms with E-state index in [1.54, 1.807) is 0 Å². The van der Waals surface area contributed by atoms with Crippen LogP contribution in [-0.4, -0.2) is 25.0 Å². The highest BCUT2D eigenvalue weighted by molar-refractivity contribution is 6.01. The molecule has 1 fully saturated rings. The van der Waals surface area contributed by atoms with Gasteiger partial charge in [-0.05, 0) is 29.3 Å². The monoisotopic (exact) mass is 500 g/mol. The van der Waals surface area contributed by atoms with Crippen LogP contribution in [0.3, 0.4) is 0 Å². The summed E-state index contributed by atoms with van der Waals surface area (Å²) in [6.07, 6.45) is -17.3. The molecule has 13 heteroatoms. The summed E-state index contributed by atoms with van der Waals surface area (Å²) in [4.78, 5) is 4.57. The molecule has 2 aromatic rings. The summed E-state index contributed by atoms with van der Waals surface area (Å²) in [6.45, 7) is 0.0926. The largest absolute Gasteiger partial charge is 0.435 e. The van der Waals surface area contributed by atoms with E-state index >= 15 is 0 Å². The first kappa shape index (κ1) is 24.3. The maximum atomic E-state index is 14.5. The van der Waals surface area contributed by atoms with E-state index in [2.05, 4.69) is 15.3 Å². The minimum Gasteiger partial charge on any atom is -0.374 e. The molecule has 1 N–H and O–H groups in total. The van der Waals surface area contributed by atoms with Gasteiger partial charge < -0.3 is 10.2 Å². The van der Waals surface area contributed by atoms with Crippen LogP contribution in [0.5, 0.6) is 0 Å². The van der Waals surface area contributed by atoms with Crippen LogP contribution in [0.25, 0.3) is 0 Å². The van der Waals surface area contributed by atoms with Gasteiger partial charge in [0.15, 0.2) is 5.67 Å². The number of hydrogen-bond acceptors (Lipinski definition) is 3. The molecular formula is C21H14F10N2O. The van der Waals surface area contributed by atoms with Crippen molar-refractivity contribution in [3.05, 3.63) is 70.3 Å². The van der Waals surface area contributed by atoms with Gasteiger partial charge in [-0.1, -0.05) is 29.4 Å². The van der Waals surface area contributed by atoms with E-state index < -0.39 is 52.9 Å². The summed E-state index contributed by atoms with van der Waals surface area (Å²) in [5.41, 5.74) is -10.5. The van der Waals surface area contributed by atoms with E-state index in [9.17, 15) is 43.9 Å². The molecule has 2 heterocycles. The molecular weight excluding hydrogens is 486 g/mol. The van der Waals surface area contributed by atoms with E-state index in [1.807, 2.05) is 0 Å². The van der Waals surface area contributed by atoms with Gasteiger partial charge in [-0.25, -0.2) is 4.39 Å². The first-order chi connectivity index (χ1) is 15.6. The van der Waals surface area contributed by atoms with Gasteiger partial charge >= 0.3 is 18.5 Å². The third-order valence-corrected chi connectivity index (χ3v) is 5.79. The minimum absolute atomic E-state index is 0.0270. The Morgan fingerprint density at radius 1 is 0.765 bits per heavy atom. The zero-order valence-electron chi connectivity index (χ0n) is 16.8. The standard InChI is InChI=1S/C21H14F10N2O/c22-17(9-32-10-17)12-3-1-11(2-4-12)16-8-18(34-33-16,21(29,30)31)13-5-14(19(23,24)25)7-15(6-13)20(26,27)28/h1-7,32H,8-10H2. The van der Waals surface area contributed by atoms with Crippen LogP contribution in [0, 0.1) is 0 Å². The summed E-state index contributed by atoms with van der Waals surface area (Å²) < 4.78 is 136. The van der Waals surface area contributed by atoms with E-state index in [-0.39, 0.29) is 48.1 Å². The number of nitrogens with one attached hydrogen (secondary N) is 1. The molecule has 184 valence electrons. The SMILES string of the molecule is FC(F)(F)c1cc(C(F)(F)F)cc(C2(C(F)(F)F)CC(c3ccc(C4(F)CNC4)cc3)=NO2)c1. The van der Waals surface area contributed by atoms with Crippen molar-refractivity contribution in [2.24, 2.45) is 5.16 Å². The Bertz CT molecular complexity index is 1080. The molecule has 1 unspecified atom stereocenters. The molecule has 2 aliphatic rings. The molecule has 3 nitrogen and oxygen atoms in total. The van der Waals surface area contributed by atoms with Crippen molar-refractivity contribution >= 4 is 5.71 Å². The minimum atomic E-state index is -5.42. The zero-order valence-corrected chi connectivity index (χ0v) is 16.8. The lowest BCUT2D eigenvalue weighted by Crippen LogP contribution is -2.53. The van der Waals surface area contributed by atoms with Crippen molar-refractivity contribution < 1.29 is 48.7 Å². The smallest absolute Gasteiger partial charge is 0.374 e. The summed E-state index contributed by atoms with van der Waals surface area (Å²) in [6, 6.07) is 4.83. The van der Waals surface area contributed by atoms with Gasteiger partial charge in [0.25, 0.3) is 5.60 Å². The second-order valence-electron chi connectivity index (χ2n) is 8.07. The Labute approximate surface area is 185 Å². The molecule has 0 aromatic heterocycles. The zero-order chi connectivity index (χ0) is 25.2. The first-order valence-electron chi connectivity index (χ1n) is 9.67. The lowest BCUT2D eigenvalue weighted by Gasteiger charge is -2.35. The van der Waals surface area contributed by atoms with Gasteiger partial charge in [-0.2, -0.15) is 39.5 Å². The summed E-state index contributed by atoms with van der Waals surface area (Å²) in [5, 5.41) is 6.08. The molecule has 1 saturated heterocycles. The number of rotatable bonds is 3. The number of benzene rings is 2. The third-order valence-electron chi connectivity index (χ3n) is 5.79. The first-order valence-corrected chi connectivity index (χ1v) is 9.67. The van der Waals surface area contributed by atoms with Crippen LogP contribution in [0.15, 0.2) is 47.6 Å². The van der Waals surface area contributed by atoms with Crippen LogP contribution >= 0.6 is 0 Å². The number of oxime groups is 1. The fourth-order valence-electron chi connectivity index (χ4n) is 3.76. The quantitative estimate of drug-likeness (QED) is 0.519. The number of hydrogen-bond donors (Lipinski definition) is 1. The molecule has 2 aliphatic heterocycles. The summed E-state index contributed by atoms with van der Waals surface area (Å²) >= 11 is 0. The Balaban J connectivity index is 1.74. The lowest BCUT2D eigenvalue weighted by molar-refractivity contribution is -0.276. The van der Waals surface area contributed by atoms with Gasteiger partial charge in [0.1, 0.15) is 0 Å². The Hall–Kier alpha value is -2.83. The maximum absolute atomic E-state index is 14.5. The van der Waals surface area contributed by atoms with Crippen molar-refractivity contribution in [2.45, 2.75) is 36.2 Å². The molecule has 4 rings (SSSR count). The summed E-state index contributed by atoms with van der Waals surface area (Å²) in [5.74, 6) is 0. The second kappa shape index (κ2) is 7.59. The predicted molar refractivity (Wildman–Crippen MR) is 98.5 cm³/mol. The highest BCUT2D eigenvalue weighted by Gasteiger charge is 2.63. The lowest BCUT2D eigenvalue weighted by atomic mass is 9.84. The van der Waals surface area contributed by atoms with Crippen molar-refractivity contribution in [3.63, 3.8) is 0 Å². The molecule has 0 aliphatic carbocycles. The molecule has 2 aromatic carbocycles. The van der Waals surface area contributed by atoms with Crippen LogP contribution in [0.4, 0.5) is 43.9 Å². The van der Waals surface area contributed by atoms with Gasteiger partial charge in [0, 0.05) is 25.1 Å². The fourth-order valence-corrected chi connectivity index (χ4v) is 3.76.